The minimum atomic E-state index is -0.387. The van der Waals surface area contributed by atoms with Crippen LogP contribution in [0.25, 0.3) is 0 Å². The number of carbonyl (C=O) groups excluding carboxylic acids is 2. The number of rotatable bonds is 1. The predicted octanol–water partition coefficient (Wildman–Crippen LogP) is 2.83. The lowest BCUT2D eigenvalue weighted by molar-refractivity contribution is -0.124. The van der Waals surface area contributed by atoms with Gasteiger partial charge in [-0.2, -0.15) is 0 Å². The van der Waals surface area contributed by atoms with E-state index in [0.29, 0.717) is 29.4 Å². The molecule has 0 bridgehead atoms. The molecule has 6 heteroatoms. The molecule has 1 aromatic rings. The summed E-state index contributed by atoms with van der Waals surface area (Å²) in [4.78, 5) is 31.2. The van der Waals surface area contributed by atoms with Gasteiger partial charge in [0.2, 0.25) is 0 Å². The molecule has 1 unspecified atom stereocenters. The van der Waals surface area contributed by atoms with Crippen molar-refractivity contribution in [1.29, 1.82) is 0 Å². The molecule has 23 heavy (non-hydrogen) atoms. The second-order valence-corrected chi connectivity index (χ2v) is 7.07. The number of benzene rings is 1. The molecule has 0 radical (unpaired) electrons. The number of hydrogen-bond acceptors (Lipinski definition) is 3. The Bertz CT molecular complexity index is 815. The molecule has 2 atom stereocenters. The van der Waals surface area contributed by atoms with Crippen molar-refractivity contribution >= 4 is 33.3 Å². The first-order valence-electron chi connectivity index (χ1n) is 7.51. The fourth-order valence-corrected chi connectivity index (χ4v) is 4.17. The molecular formula is C17H14BrFN2O2. The van der Waals surface area contributed by atoms with Crippen molar-refractivity contribution in [1.82, 2.24) is 4.90 Å². The highest BCUT2D eigenvalue weighted by Crippen LogP contribution is 2.46. The van der Waals surface area contributed by atoms with E-state index >= 15 is 0 Å². The van der Waals surface area contributed by atoms with Crippen LogP contribution >= 0.6 is 15.9 Å². The molecule has 1 fully saturated rings. The van der Waals surface area contributed by atoms with Crippen LogP contribution in [0.15, 0.2) is 38.9 Å². The van der Waals surface area contributed by atoms with Gasteiger partial charge >= 0.3 is 0 Å². The first kappa shape index (κ1) is 14.8. The van der Waals surface area contributed by atoms with E-state index in [9.17, 15) is 14.0 Å². The van der Waals surface area contributed by atoms with Crippen molar-refractivity contribution < 1.29 is 14.0 Å². The van der Waals surface area contributed by atoms with Crippen LogP contribution in [0.1, 0.15) is 24.3 Å². The number of likely N-dealkylation sites (N-methyl/N-ethyl adjacent to an activating group) is 1. The third-order valence-corrected chi connectivity index (χ3v) is 5.44. The van der Waals surface area contributed by atoms with Crippen molar-refractivity contribution in [3.8, 4) is 0 Å². The van der Waals surface area contributed by atoms with Crippen molar-refractivity contribution in [2.24, 2.45) is 10.9 Å². The highest BCUT2D eigenvalue weighted by molar-refractivity contribution is 9.10. The zero-order valence-electron chi connectivity index (χ0n) is 12.5. The molecule has 1 saturated carbocycles. The van der Waals surface area contributed by atoms with E-state index in [4.69, 9.17) is 0 Å². The molecule has 1 aliphatic carbocycles. The van der Waals surface area contributed by atoms with Crippen molar-refractivity contribution in [3.05, 3.63) is 45.3 Å². The minimum absolute atomic E-state index is 0.0899. The first-order valence-corrected chi connectivity index (χ1v) is 8.30. The number of hydrogen-bond donors (Lipinski definition) is 0. The molecule has 3 aliphatic rings. The van der Waals surface area contributed by atoms with E-state index in [2.05, 4.69) is 20.9 Å². The second-order valence-electron chi connectivity index (χ2n) is 6.22. The van der Waals surface area contributed by atoms with Crippen LogP contribution in [-0.4, -0.2) is 35.9 Å². The molecule has 0 spiro atoms. The van der Waals surface area contributed by atoms with Gasteiger partial charge in [-0.15, -0.1) is 0 Å². The van der Waals surface area contributed by atoms with Crippen LogP contribution in [0, 0.1) is 11.7 Å². The van der Waals surface area contributed by atoms with Crippen molar-refractivity contribution in [2.45, 2.75) is 18.8 Å². The summed E-state index contributed by atoms with van der Waals surface area (Å²) in [5.41, 5.74) is 2.99. The van der Waals surface area contributed by atoms with Gasteiger partial charge in [0.1, 0.15) is 11.6 Å². The van der Waals surface area contributed by atoms with E-state index in [0.717, 1.165) is 17.0 Å². The van der Waals surface area contributed by atoms with Crippen LogP contribution in [0.5, 0.6) is 0 Å². The van der Waals surface area contributed by atoms with Gasteiger partial charge in [0.25, 0.3) is 5.91 Å². The summed E-state index contributed by atoms with van der Waals surface area (Å²) in [6.45, 7) is 0.470. The largest absolute Gasteiger partial charge is 0.336 e. The van der Waals surface area contributed by atoms with E-state index < -0.39 is 0 Å². The van der Waals surface area contributed by atoms with Gasteiger partial charge in [-0.1, -0.05) is 6.07 Å². The second kappa shape index (κ2) is 5.09. The number of fused-ring (bicyclic) bond motifs is 1. The molecule has 118 valence electrons. The monoisotopic (exact) mass is 376 g/mol. The molecule has 2 aliphatic heterocycles. The fourth-order valence-electron chi connectivity index (χ4n) is 3.78. The Morgan fingerprint density at radius 1 is 1.26 bits per heavy atom. The third-order valence-electron chi connectivity index (χ3n) is 4.83. The molecule has 4 rings (SSSR count). The number of amides is 1. The zero-order chi connectivity index (χ0) is 16.3. The van der Waals surface area contributed by atoms with Crippen LogP contribution in [0.2, 0.25) is 0 Å². The van der Waals surface area contributed by atoms with Crippen molar-refractivity contribution in [3.63, 3.8) is 0 Å². The summed E-state index contributed by atoms with van der Waals surface area (Å²) in [7, 11) is 1.73. The Morgan fingerprint density at radius 3 is 2.78 bits per heavy atom. The lowest BCUT2D eigenvalue weighted by Crippen LogP contribution is -2.31. The van der Waals surface area contributed by atoms with Crippen LogP contribution < -0.4 is 0 Å². The van der Waals surface area contributed by atoms with Crippen molar-refractivity contribution in [2.75, 3.05) is 13.6 Å². The van der Waals surface area contributed by atoms with Gasteiger partial charge in [-0.05, 0) is 40.0 Å². The van der Waals surface area contributed by atoms with E-state index in [-0.39, 0.29) is 29.3 Å². The number of Topliss-reactive ketones (excluding diaryl/α,β-unsaturated/α-hetero) is 1. The maximum atomic E-state index is 13.6. The summed E-state index contributed by atoms with van der Waals surface area (Å²) >= 11 is 3.20. The Labute approximate surface area is 141 Å². The summed E-state index contributed by atoms with van der Waals surface area (Å²) < 4.78 is 13.9. The fraction of sp³-hybridized carbons (Fsp3) is 0.353. The average Bonchev–Trinajstić information content (AvgIpc) is 3.02. The predicted molar refractivity (Wildman–Crippen MR) is 86.7 cm³/mol. The minimum Gasteiger partial charge on any atom is -0.336 e. The topological polar surface area (TPSA) is 49.7 Å². The smallest absolute Gasteiger partial charge is 0.252 e. The molecule has 0 aromatic heterocycles. The number of ketones is 1. The van der Waals surface area contributed by atoms with E-state index in [1.807, 2.05) is 0 Å². The Hall–Kier alpha value is -1.82. The standard InChI is InChI=1S/C17H14BrFN2O2/c1-21-7-12-16(17(21)23)14(8-2-3-10(19)9(18)6-8)15-11(20-12)4-5-13(15)22/h2-3,6,14-15H,4-5,7H2,1H3/t14-,15?/m1/s1. The number of halogens is 2. The molecule has 0 N–H and O–H groups in total. The summed E-state index contributed by atoms with van der Waals surface area (Å²) in [5.74, 6) is -1.08. The molecule has 4 nitrogen and oxygen atoms in total. The maximum Gasteiger partial charge on any atom is 0.252 e. The Balaban J connectivity index is 1.90. The molecule has 2 heterocycles. The highest BCUT2D eigenvalue weighted by Gasteiger charge is 2.48. The summed E-state index contributed by atoms with van der Waals surface area (Å²) in [6.07, 6.45) is 1.12. The Kier molecular flexibility index (Phi) is 3.27. The highest BCUT2D eigenvalue weighted by atomic mass is 79.9. The maximum absolute atomic E-state index is 13.6. The van der Waals surface area contributed by atoms with Gasteiger partial charge in [0.15, 0.2) is 0 Å². The number of aliphatic imine (C=N–C) groups is 1. The molecule has 1 amide bonds. The van der Waals surface area contributed by atoms with Gasteiger partial charge in [-0.25, -0.2) is 4.39 Å². The van der Waals surface area contributed by atoms with E-state index in [1.54, 1.807) is 24.1 Å². The average molecular weight is 377 g/mol. The number of nitrogens with zero attached hydrogens (tertiary/aromatic N) is 2. The van der Waals surface area contributed by atoms with Crippen LogP contribution in [0.4, 0.5) is 4.39 Å². The first-order chi connectivity index (χ1) is 11.0. The number of carbonyl (C=O) groups is 2. The lowest BCUT2D eigenvalue weighted by atomic mass is 9.76. The van der Waals surface area contributed by atoms with Crippen LogP contribution in [0.3, 0.4) is 0 Å². The Morgan fingerprint density at radius 2 is 2.04 bits per heavy atom. The summed E-state index contributed by atoms with van der Waals surface area (Å²) in [5, 5.41) is 0. The SMILES string of the molecule is CN1CC2=C(C1=O)[C@H](c1ccc(F)c(Br)c1)C1C(=O)CCC1=N2. The van der Waals surface area contributed by atoms with E-state index in [1.165, 1.54) is 6.07 Å². The molecule has 0 saturated heterocycles. The van der Waals surface area contributed by atoms with Gasteiger partial charge < -0.3 is 4.90 Å². The van der Waals surface area contributed by atoms with Gasteiger partial charge in [0.05, 0.1) is 22.6 Å². The van der Waals surface area contributed by atoms with Crippen LogP contribution in [-0.2, 0) is 9.59 Å². The third kappa shape index (κ3) is 2.11. The zero-order valence-corrected chi connectivity index (χ0v) is 14.1. The molecular weight excluding hydrogens is 363 g/mol. The normalized spacial score (nSPS) is 26.6. The molecule has 1 aromatic carbocycles. The summed E-state index contributed by atoms with van der Waals surface area (Å²) in [6, 6.07) is 4.70. The van der Waals surface area contributed by atoms with Gasteiger partial charge in [-0.3, -0.25) is 14.6 Å². The quantitative estimate of drug-likeness (QED) is 0.756. The lowest BCUT2D eigenvalue weighted by Gasteiger charge is -2.28. The van der Waals surface area contributed by atoms with Gasteiger partial charge in [0, 0.05) is 30.7 Å².